The molecule has 0 aliphatic carbocycles. The van der Waals surface area contributed by atoms with Gasteiger partial charge in [0.05, 0.1) is 16.8 Å². The summed E-state index contributed by atoms with van der Waals surface area (Å²) in [6, 6.07) is 3.55. The van der Waals surface area contributed by atoms with E-state index in [-0.39, 0.29) is 35.6 Å². The molecule has 2 aliphatic rings. The summed E-state index contributed by atoms with van der Waals surface area (Å²) in [5, 5.41) is 4.83. The van der Waals surface area contributed by atoms with Gasteiger partial charge in [0.1, 0.15) is 6.04 Å². The predicted molar refractivity (Wildman–Crippen MR) is 91.2 cm³/mol. The molecule has 8 nitrogen and oxygen atoms in total. The van der Waals surface area contributed by atoms with E-state index in [1.807, 2.05) is 0 Å². The van der Waals surface area contributed by atoms with Crippen molar-refractivity contribution in [2.24, 2.45) is 5.41 Å². The fourth-order valence-electron chi connectivity index (χ4n) is 2.93. The van der Waals surface area contributed by atoms with Crippen LogP contribution in [-0.4, -0.2) is 40.5 Å². The lowest BCUT2D eigenvalue weighted by Crippen LogP contribution is -2.54. The molecular formula is C18H19N3O5. The average Bonchev–Trinajstić information content (AvgIpc) is 2.79. The minimum Gasteiger partial charge on any atom is -0.325 e. The molecule has 1 fully saturated rings. The second kappa shape index (κ2) is 6.05. The lowest BCUT2D eigenvalue weighted by molar-refractivity contribution is -0.136. The molecule has 1 aromatic carbocycles. The first-order chi connectivity index (χ1) is 12.1. The van der Waals surface area contributed by atoms with Crippen molar-refractivity contribution in [3.05, 3.63) is 29.3 Å². The molecule has 5 amide bonds. The molecule has 2 heterocycles. The molecule has 0 spiro atoms. The van der Waals surface area contributed by atoms with E-state index in [1.165, 1.54) is 6.07 Å². The third-order valence-electron chi connectivity index (χ3n) is 4.40. The molecule has 2 aliphatic heterocycles. The molecular weight excluding hydrogens is 338 g/mol. The van der Waals surface area contributed by atoms with Crippen molar-refractivity contribution in [3.8, 4) is 0 Å². The first-order valence-corrected chi connectivity index (χ1v) is 8.27. The first-order valence-electron chi connectivity index (χ1n) is 8.27. The number of benzene rings is 1. The van der Waals surface area contributed by atoms with E-state index in [9.17, 15) is 24.0 Å². The van der Waals surface area contributed by atoms with Gasteiger partial charge in [0.2, 0.25) is 17.7 Å². The van der Waals surface area contributed by atoms with E-state index in [0.29, 0.717) is 0 Å². The number of amides is 5. The number of fused-ring (bicyclic) bond motifs is 1. The number of hydrogen-bond acceptors (Lipinski definition) is 5. The highest BCUT2D eigenvalue weighted by atomic mass is 16.2. The van der Waals surface area contributed by atoms with E-state index in [0.717, 1.165) is 4.90 Å². The maximum absolute atomic E-state index is 12.9. The van der Waals surface area contributed by atoms with Gasteiger partial charge >= 0.3 is 0 Å². The molecule has 1 aromatic rings. The first kappa shape index (κ1) is 17.8. The number of anilines is 1. The zero-order valence-electron chi connectivity index (χ0n) is 14.7. The van der Waals surface area contributed by atoms with Crippen molar-refractivity contribution in [3.63, 3.8) is 0 Å². The summed E-state index contributed by atoms with van der Waals surface area (Å²) in [4.78, 5) is 62.1. The van der Waals surface area contributed by atoms with Gasteiger partial charge in [0.25, 0.3) is 11.8 Å². The second-order valence-corrected chi connectivity index (χ2v) is 7.38. The molecule has 1 unspecified atom stereocenters. The molecule has 1 atom stereocenters. The number of hydrogen-bond donors (Lipinski definition) is 2. The number of nitrogens with one attached hydrogen (secondary N) is 2. The summed E-state index contributed by atoms with van der Waals surface area (Å²) in [6.07, 6.45) is 0.136. The van der Waals surface area contributed by atoms with Crippen molar-refractivity contribution in [1.82, 2.24) is 10.2 Å². The molecule has 136 valence electrons. The summed E-state index contributed by atoms with van der Waals surface area (Å²) in [7, 11) is 0. The summed E-state index contributed by atoms with van der Waals surface area (Å²) in [5.41, 5.74) is -0.251. The second-order valence-electron chi connectivity index (χ2n) is 7.38. The van der Waals surface area contributed by atoms with Crippen LogP contribution in [-0.2, 0) is 14.4 Å². The summed E-state index contributed by atoms with van der Waals surface area (Å²) in [5.74, 6) is -2.65. The van der Waals surface area contributed by atoms with Crippen LogP contribution >= 0.6 is 0 Å². The van der Waals surface area contributed by atoms with Gasteiger partial charge in [-0.15, -0.1) is 0 Å². The van der Waals surface area contributed by atoms with Crippen LogP contribution < -0.4 is 10.6 Å². The molecule has 0 saturated carbocycles. The van der Waals surface area contributed by atoms with Gasteiger partial charge in [0.15, 0.2) is 0 Å². The maximum Gasteiger partial charge on any atom is 0.264 e. The number of carbonyl (C=O) groups excluding carboxylic acids is 5. The molecule has 8 heteroatoms. The van der Waals surface area contributed by atoms with Gasteiger partial charge < -0.3 is 5.32 Å². The Bertz CT molecular complexity index is 853. The van der Waals surface area contributed by atoms with Crippen LogP contribution in [0.3, 0.4) is 0 Å². The number of piperidine rings is 1. The van der Waals surface area contributed by atoms with Gasteiger partial charge in [-0.05, 0) is 18.6 Å². The molecule has 3 rings (SSSR count). The van der Waals surface area contributed by atoms with Crippen LogP contribution in [0.1, 0.15) is 54.3 Å². The third-order valence-corrected chi connectivity index (χ3v) is 4.40. The van der Waals surface area contributed by atoms with Gasteiger partial charge in [-0.25, -0.2) is 0 Å². The van der Waals surface area contributed by atoms with Crippen molar-refractivity contribution >= 4 is 35.2 Å². The van der Waals surface area contributed by atoms with Crippen LogP contribution in [0.5, 0.6) is 0 Å². The third kappa shape index (κ3) is 2.87. The number of carbonyl (C=O) groups is 5. The summed E-state index contributed by atoms with van der Waals surface area (Å²) in [6.45, 7) is 5.19. The minimum absolute atomic E-state index is 0.0530. The number of imide groups is 2. The molecule has 1 saturated heterocycles. The quantitative estimate of drug-likeness (QED) is 0.769. The largest absolute Gasteiger partial charge is 0.325 e. The highest BCUT2D eigenvalue weighted by Crippen LogP contribution is 2.33. The summed E-state index contributed by atoms with van der Waals surface area (Å²) < 4.78 is 0. The van der Waals surface area contributed by atoms with Crippen LogP contribution in [0.2, 0.25) is 0 Å². The minimum atomic E-state index is -1.04. The summed E-state index contributed by atoms with van der Waals surface area (Å²) >= 11 is 0. The fourth-order valence-corrected chi connectivity index (χ4v) is 2.93. The Balaban J connectivity index is 1.96. The van der Waals surface area contributed by atoms with E-state index in [2.05, 4.69) is 10.6 Å². The van der Waals surface area contributed by atoms with Gasteiger partial charge in [-0.3, -0.25) is 34.2 Å². The Morgan fingerprint density at radius 1 is 1.15 bits per heavy atom. The van der Waals surface area contributed by atoms with E-state index < -0.39 is 35.1 Å². The van der Waals surface area contributed by atoms with Crippen LogP contribution in [0.15, 0.2) is 18.2 Å². The Kier molecular flexibility index (Phi) is 4.14. The SMILES string of the molecule is CC(C)(C)C(=O)Nc1cccc2c1C(=O)N(C1CCC(=O)NC1=O)C2=O. The molecule has 0 radical (unpaired) electrons. The van der Waals surface area contributed by atoms with Crippen molar-refractivity contribution in [2.75, 3.05) is 5.32 Å². The molecule has 0 bridgehead atoms. The highest BCUT2D eigenvalue weighted by Gasteiger charge is 2.45. The molecule has 0 aromatic heterocycles. The van der Waals surface area contributed by atoms with E-state index >= 15 is 0 Å². The Morgan fingerprint density at radius 3 is 2.46 bits per heavy atom. The molecule has 2 N–H and O–H groups in total. The zero-order valence-corrected chi connectivity index (χ0v) is 14.7. The van der Waals surface area contributed by atoms with Crippen molar-refractivity contribution < 1.29 is 24.0 Å². The molecule has 26 heavy (non-hydrogen) atoms. The van der Waals surface area contributed by atoms with Crippen molar-refractivity contribution in [1.29, 1.82) is 0 Å². The standard InChI is InChI=1S/C18H19N3O5/c1-18(2,3)17(26)19-10-6-4-5-9-13(10)16(25)21(15(9)24)11-7-8-12(22)20-14(11)23/h4-6,11H,7-8H2,1-3H3,(H,19,26)(H,20,22,23). The average molecular weight is 357 g/mol. The van der Waals surface area contributed by atoms with Gasteiger partial charge in [-0.1, -0.05) is 26.8 Å². The van der Waals surface area contributed by atoms with Crippen molar-refractivity contribution in [2.45, 2.75) is 39.7 Å². The number of nitrogens with zero attached hydrogens (tertiary/aromatic N) is 1. The lowest BCUT2D eigenvalue weighted by Gasteiger charge is -2.27. The smallest absolute Gasteiger partial charge is 0.264 e. The maximum atomic E-state index is 12.9. The zero-order chi connectivity index (χ0) is 19.2. The lowest BCUT2D eigenvalue weighted by atomic mass is 9.95. The van der Waals surface area contributed by atoms with Crippen LogP contribution in [0.25, 0.3) is 0 Å². The Hall–Kier alpha value is -3.03. The highest BCUT2D eigenvalue weighted by molar-refractivity contribution is 6.26. The predicted octanol–water partition coefficient (Wildman–Crippen LogP) is 1.07. The normalized spacial score (nSPS) is 20.1. The van der Waals surface area contributed by atoms with E-state index in [4.69, 9.17) is 0 Å². The van der Waals surface area contributed by atoms with Gasteiger partial charge in [-0.2, -0.15) is 0 Å². The topological polar surface area (TPSA) is 113 Å². The number of rotatable bonds is 2. The van der Waals surface area contributed by atoms with Crippen LogP contribution in [0, 0.1) is 5.41 Å². The van der Waals surface area contributed by atoms with Crippen LogP contribution in [0.4, 0.5) is 5.69 Å². The Morgan fingerprint density at radius 2 is 1.85 bits per heavy atom. The van der Waals surface area contributed by atoms with E-state index in [1.54, 1.807) is 32.9 Å². The fraction of sp³-hybridized carbons (Fsp3) is 0.389. The monoisotopic (exact) mass is 357 g/mol. The Labute approximate surface area is 149 Å². The van der Waals surface area contributed by atoms with Gasteiger partial charge in [0, 0.05) is 11.8 Å².